The smallest absolute Gasteiger partial charge is 0.228 e. The number of amides is 1. The van der Waals surface area contributed by atoms with Crippen molar-refractivity contribution >= 4 is 17.5 Å². The average molecular weight is 254 g/mol. The Bertz CT molecular complexity index is 362. The van der Waals surface area contributed by atoms with E-state index in [2.05, 4.69) is 4.90 Å². The van der Waals surface area contributed by atoms with Gasteiger partial charge in [-0.3, -0.25) is 4.79 Å². The maximum Gasteiger partial charge on any atom is 0.228 e. The third kappa shape index (κ3) is 1.43. The van der Waals surface area contributed by atoms with Gasteiger partial charge in [-0.05, 0) is 56.8 Å². The molecule has 1 aliphatic heterocycles. The third-order valence-electron chi connectivity index (χ3n) is 5.59. The van der Waals surface area contributed by atoms with Crippen LogP contribution in [0.3, 0.4) is 0 Å². The summed E-state index contributed by atoms with van der Waals surface area (Å²) in [5.74, 6) is 1.92. The fraction of sp³-hybridized carbons (Fsp3) is 0.929. The van der Waals surface area contributed by atoms with Gasteiger partial charge in [-0.2, -0.15) is 0 Å². The highest BCUT2D eigenvalue weighted by Gasteiger charge is 2.60. The first-order chi connectivity index (χ1) is 8.09. The fourth-order valence-electron chi connectivity index (χ4n) is 5.26. The maximum absolute atomic E-state index is 12.7. The predicted molar refractivity (Wildman–Crippen MR) is 66.9 cm³/mol. The lowest BCUT2D eigenvalue weighted by Gasteiger charge is -2.60. The molecule has 1 saturated heterocycles. The minimum absolute atomic E-state index is 0.0232. The number of hydrogen-bond acceptors (Lipinski definition) is 1. The van der Waals surface area contributed by atoms with Gasteiger partial charge in [0.1, 0.15) is 0 Å². The van der Waals surface area contributed by atoms with Crippen LogP contribution in [0.5, 0.6) is 0 Å². The first-order valence-corrected chi connectivity index (χ1v) is 7.45. The Kier molecular flexibility index (Phi) is 2.01. The Morgan fingerprint density at radius 2 is 1.76 bits per heavy atom. The number of carbonyl (C=O) groups is 1. The number of halogens is 1. The molecule has 94 valence electrons. The second-order valence-electron chi connectivity index (χ2n) is 7.04. The van der Waals surface area contributed by atoms with E-state index < -0.39 is 0 Å². The molecule has 0 unspecified atom stereocenters. The summed E-state index contributed by atoms with van der Waals surface area (Å²) >= 11 is 6.76. The molecule has 17 heavy (non-hydrogen) atoms. The van der Waals surface area contributed by atoms with Crippen molar-refractivity contribution in [3.8, 4) is 0 Å². The van der Waals surface area contributed by atoms with Crippen molar-refractivity contribution in [1.82, 2.24) is 4.90 Å². The Balaban J connectivity index is 1.66. The van der Waals surface area contributed by atoms with Gasteiger partial charge >= 0.3 is 0 Å². The van der Waals surface area contributed by atoms with Crippen LogP contribution in [0.25, 0.3) is 0 Å². The molecule has 1 heterocycles. The molecule has 0 radical (unpaired) electrons. The average Bonchev–Trinajstić information content (AvgIpc) is 2.10. The van der Waals surface area contributed by atoms with Crippen molar-refractivity contribution < 1.29 is 4.79 Å². The van der Waals surface area contributed by atoms with Crippen molar-refractivity contribution in [3.05, 3.63) is 0 Å². The molecule has 0 aromatic rings. The van der Waals surface area contributed by atoms with Gasteiger partial charge in [-0.15, -0.1) is 11.6 Å². The molecule has 5 fully saturated rings. The zero-order chi connectivity index (χ0) is 11.7. The minimum Gasteiger partial charge on any atom is -0.342 e. The zero-order valence-electron chi connectivity index (χ0n) is 10.3. The molecule has 4 aliphatic carbocycles. The van der Waals surface area contributed by atoms with Crippen molar-refractivity contribution in [1.29, 1.82) is 0 Å². The first kappa shape index (κ1) is 10.7. The lowest BCUT2D eigenvalue weighted by atomic mass is 9.49. The van der Waals surface area contributed by atoms with Gasteiger partial charge in [-0.1, -0.05) is 0 Å². The van der Waals surface area contributed by atoms with E-state index in [1.807, 2.05) is 0 Å². The van der Waals surface area contributed by atoms with Gasteiger partial charge < -0.3 is 4.90 Å². The molecule has 3 heteroatoms. The maximum atomic E-state index is 12.7. The summed E-state index contributed by atoms with van der Waals surface area (Å²) in [6.07, 6.45) is 8.09. The van der Waals surface area contributed by atoms with Gasteiger partial charge in [0.15, 0.2) is 0 Å². The van der Waals surface area contributed by atoms with Crippen LogP contribution in [0.2, 0.25) is 0 Å². The van der Waals surface area contributed by atoms with E-state index in [-0.39, 0.29) is 10.3 Å². The number of rotatable bonds is 1. The zero-order valence-corrected chi connectivity index (χ0v) is 11.0. The van der Waals surface area contributed by atoms with E-state index in [0.717, 1.165) is 44.2 Å². The summed E-state index contributed by atoms with van der Waals surface area (Å²) in [7, 11) is 0. The summed E-state index contributed by atoms with van der Waals surface area (Å²) in [6.45, 7) is 1.98. The van der Waals surface area contributed by atoms with E-state index in [0.29, 0.717) is 5.91 Å². The monoisotopic (exact) mass is 253 g/mol. The second kappa shape index (κ2) is 3.20. The Labute approximate surface area is 108 Å². The molecule has 0 N–H and O–H groups in total. The van der Waals surface area contributed by atoms with E-state index in [1.165, 1.54) is 25.7 Å². The van der Waals surface area contributed by atoms with Gasteiger partial charge in [0.2, 0.25) is 5.91 Å². The fourth-order valence-corrected chi connectivity index (χ4v) is 5.95. The van der Waals surface area contributed by atoms with Crippen LogP contribution in [-0.2, 0) is 4.79 Å². The summed E-state index contributed by atoms with van der Waals surface area (Å²) < 4.78 is 0. The van der Waals surface area contributed by atoms with Gasteiger partial charge in [0.25, 0.3) is 0 Å². The molecule has 4 bridgehead atoms. The summed E-state index contributed by atoms with van der Waals surface area (Å²) in [6, 6.07) is 0. The number of hydrogen-bond donors (Lipinski definition) is 0. The molecular weight excluding hydrogens is 234 g/mol. The number of nitrogens with zero attached hydrogens (tertiary/aromatic N) is 1. The standard InChI is InChI=1S/C14H20ClNO/c15-14-7-10-4-11(8-14)6-13(5-10,9-14)12(17)16-2-1-3-16/h10-11H,1-9H2/t10-,11-,13?,14?/m1/s1. The molecule has 5 rings (SSSR count). The third-order valence-corrected chi connectivity index (χ3v) is 6.03. The highest BCUT2D eigenvalue weighted by atomic mass is 35.5. The molecule has 0 spiro atoms. The van der Waals surface area contributed by atoms with Crippen LogP contribution in [0.15, 0.2) is 0 Å². The van der Waals surface area contributed by atoms with Crippen LogP contribution in [0, 0.1) is 17.3 Å². The highest BCUT2D eigenvalue weighted by Crippen LogP contribution is 2.64. The first-order valence-electron chi connectivity index (χ1n) is 7.07. The number of likely N-dealkylation sites (tertiary alicyclic amines) is 1. The van der Waals surface area contributed by atoms with Crippen LogP contribution < -0.4 is 0 Å². The van der Waals surface area contributed by atoms with Gasteiger partial charge in [0, 0.05) is 18.0 Å². The lowest BCUT2D eigenvalue weighted by molar-refractivity contribution is -0.159. The molecular formula is C14H20ClNO. The molecule has 0 aromatic heterocycles. The van der Waals surface area contributed by atoms with Crippen LogP contribution in [-0.4, -0.2) is 28.8 Å². The molecule has 0 aromatic carbocycles. The lowest BCUT2D eigenvalue weighted by Crippen LogP contribution is -2.60. The van der Waals surface area contributed by atoms with E-state index >= 15 is 0 Å². The topological polar surface area (TPSA) is 20.3 Å². The predicted octanol–water partition coefficient (Wildman–Crippen LogP) is 2.80. The minimum atomic E-state index is -0.0494. The van der Waals surface area contributed by atoms with Crippen molar-refractivity contribution in [2.45, 2.75) is 49.8 Å². The molecule has 2 nitrogen and oxygen atoms in total. The van der Waals surface area contributed by atoms with Crippen LogP contribution in [0.4, 0.5) is 0 Å². The van der Waals surface area contributed by atoms with Crippen molar-refractivity contribution in [2.75, 3.05) is 13.1 Å². The largest absolute Gasteiger partial charge is 0.342 e. The quantitative estimate of drug-likeness (QED) is 0.658. The van der Waals surface area contributed by atoms with Gasteiger partial charge in [0.05, 0.1) is 5.41 Å². The summed E-state index contributed by atoms with van der Waals surface area (Å²) in [5, 5.41) is 0. The summed E-state index contributed by atoms with van der Waals surface area (Å²) in [4.78, 5) is 14.7. The SMILES string of the molecule is O=C(N1CCC1)C12C[C@H]3C[C@@H](CC(Cl)(C3)C1)C2. The Morgan fingerprint density at radius 1 is 1.12 bits per heavy atom. The second-order valence-corrected chi connectivity index (χ2v) is 7.84. The number of alkyl halides is 1. The molecule has 2 atom stereocenters. The van der Waals surface area contributed by atoms with Gasteiger partial charge in [-0.25, -0.2) is 0 Å². The normalized spacial score (nSPS) is 51.5. The van der Waals surface area contributed by atoms with Crippen molar-refractivity contribution in [3.63, 3.8) is 0 Å². The molecule has 5 aliphatic rings. The van der Waals surface area contributed by atoms with Crippen LogP contribution >= 0.6 is 11.6 Å². The van der Waals surface area contributed by atoms with E-state index in [4.69, 9.17) is 11.6 Å². The Hall–Kier alpha value is -0.240. The van der Waals surface area contributed by atoms with E-state index in [1.54, 1.807) is 0 Å². The summed E-state index contributed by atoms with van der Waals surface area (Å²) in [5.41, 5.74) is -0.0494. The van der Waals surface area contributed by atoms with E-state index in [9.17, 15) is 4.79 Å². The highest BCUT2D eigenvalue weighted by molar-refractivity contribution is 6.24. The molecule has 1 amide bonds. The van der Waals surface area contributed by atoms with Crippen molar-refractivity contribution in [2.24, 2.45) is 17.3 Å². The van der Waals surface area contributed by atoms with Crippen LogP contribution in [0.1, 0.15) is 44.9 Å². The number of carbonyl (C=O) groups excluding carboxylic acids is 1. The molecule has 4 saturated carbocycles. The Morgan fingerprint density at radius 3 is 2.24 bits per heavy atom.